The Bertz CT molecular complexity index is 810. The SMILES string of the molecule is O=c1c(Cl)c(Cl)cnn1Cc1ccc(-n2cccn2)cc1. The van der Waals surface area contributed by atoms with Gasteiger partial charge in [-0.3, -0.25) is 4.79 Å². The quantitative estimate of drug-likeness (QED) is 0.745. The summed E-state index contributed by atoms with van der Waals surface area (Å²) in [4.78, 5) is 11.9. The third-order valence-corrected chi connectivity index (χ3v) is 3.73. The first-order valence-electron chi connectivity index (χ1n) is 6.15. The van der Waals surface area contributed by atoms with Crippen LogP contribution in [0.15, 0.2) is 53.7 Å². The molecule has 0 N–H and O–H groups in total. The Labute approximate surface area is 130 Å². The number of hydrogen-bond acceptors (Lipinski definition) is 3. The molecular weight excluding hydrogens is 311 g/mol. The Kier molecular flexibility index (Phi) is 3.77. The lowest BCUT2D eigenvalue weighted by molar-refractivity contribution is 0.639. The number of hydrogen-bond donors (Lipinski definition) is 0. The van der Waals surface area contributed by atoms with E-state index < -0.39 is 5.56 Å². The predicted molar refractivity (Wildman–Crippen MR) is 81.2 cm³/mol. The number of aromatic nitrogens is 4. The van der Waals surface area contributed by atoms with Crippen LogP contribution < -0.4 is 5.56 Å². The fourth-order valence-corrected chi connectivity index (χ4v) is 2.18. The molecule has 0 aliphatic heterocycles. The second-order valence-electron chi connectivity index (χ2n) is 4.39. The molecule has 0 aliphatic carbocycles. The Morgan fingerprint density at radius 3 is 2.52 bits per heavy atom. The minimum atomic E-state index is -0.402. The summed E-state index contributed by atoms with van der Waals surface area (Å²) in [6.07, 6.45) is 4.94. The van der Waals surface area contributed by atoms with E-state index in [1.807, 2.05) is 36.5 Å². The summed E-state index contributed by atoms with van der Waals surface area (Å²) in [6.45, 7) is 0.328. The van der Waals surface area contributed by atoms with Gasteiger partial charge in [0.2, 0.25) is 0 Å². The van der Waals surface area contributed by atoms with Crippen LogP contribution in [0.1, 0.15) is 5.56 Å². The fourth-order valence-electron chi connectivity index (χ4n) is 1.91. The minimum Gasteiger partial charge on any atom is -0.266 e. The van der Waals surface area contributed by atoms with E-state index in [4.69, 9.17) is 23.2 Å². The van der Waals surface area contributed by atoms with Gasteiger partial charge in [-0.25, -0.2) is 9.36 Å². The van der Waals surface area contributed by atoms with Crippen LogP contribution in [0.5, 0.6) is 0 Å². The maximum atomic E-state index is 11.9. The van der Waals surface area contributed by atoms with E-state index in [0.717, 1.165) is 11.3 Å². The lowest BCUT2D eigenvalue weighted by atomic mass is 10.2. The lowest BCUT2D eigenvalue weighted by Gasteiger charge is -2.07. The molecule has 21 heavy (non-hydrogen) atoms. The van der Waals surface area contributed by atoms with Gasteiger partial charge in [-0.2, -0.15) is 10.2 Å². The van der Waals surface area contributed by atoms with Gasteiger partial charge in [-0.05, 0) is 23.8 Å². The van der Waals surface area contributed by atoms with Crippen molar-refractivity contribution in [1.82, 2.24) is 19.6 Å². The van der Waals surface area contributed by atoms with Crippen LogP contribution in [-0.2, 0) is 6.54 Å². The van der Waals surface area contributed by atoms with E-state index in [2.05, 4.69) is 10.2 Å². The fraction of sp³-hybridized carbons (Fsp3) is 0.0714. The molecule has 0 atom stereocenters. The first-order chi connectivity index (χ1) is 10.1. The lowest BCUT2D eigenvalue weighted by Crippen LogP contribution is -2.23. The van der Waals surface area contributed by atoms with Gasteiger partial charge in [-0.15, -0.1) is 0 Å². The molecule has 3 rings (SSSR count). The monoisotopic (exact) mass is 320 g/mol. The molecule has 0 spiro atoms. The molecule has 0 aliphatic rings. The first kappa shape index (κ1) is 13.9. The van der Waals surface area contributed by atoms with E-state index >= 15 is 0 Å². The summed E-state index contributed by atoms with van der Waals surface area (Å²) < 4.78 is 3.03. The Hall–Kier alpha value is -2.11. The summed E-state index contributed by atoms with van der Waals surface area (Å²) in [7, 11) is 0. The minimum absolute atomic E-state index is 0.0140. The molecule has 0 saturated carbocycles. The predicted octanol–water partition coefficient (Wildman–Crippen LogP) is 2.78. The molecule has 2 heterocycles. The van der Waals surface area contributed by atoms with Crippen molar-refractivity contribution in [2.75, 3.05) is 0 Å². The highest BCUT2D eigenvalue weighted by Crippen LogP contribution is 2.15. The maximum absolute atomic E-state index is 11.9. The molecule has 106 valence electrons. The molecule has 0 amide bonds. The summed E-state index contributed by atoms with van der Waals surface area (Å²) >= 11 is 11.6. The van der Waals surface area contributed by atoms with Crippen molar-refractivity contribution in [2.45, 2.75) is 6.54 Å². The average Bonchev–Trinajstić information content (AvgIpc) is 3.03. The van der Waals surface area contributed by atoms with Crippen molar-refractivity contribution < 1.29 is 0 Å². The summed E-state index contributed by atoms with van der Waals surface area (Å²) in [5.74, 6) is 0. The third kappa shape index (κ3) is 2.84. The molecule has 0 saturated heterocycles. The van der Waals surface area contributed by atoms with Crippen molar-refractivity contribution in [1.29, 1.82) is 0 Å². The van der Waals surface area contributed by atoms with Crippen molar-refractivity contribution in [3.8, 4) is 5.69 Å². The molecule has 7 heteroatoms. The van der Waals surface area contributed by atoms with Gasteiger partial charge >= 0.3 is 0 Å². The Balaban J connectivity index is 1.86. The van der Waals surface area contributed by atoms with Crippen molar-refractivity contribution >= 4 is 23.2 Å². The normalized spacial score (nSPS) is 10.8. The van der Waals surface area contributed by atoms with E-state index in [1.165, 1.54) is 10.9 Å². The molecule has 0 bridgehead atoms. The third-order valence-electron chi connectivity index (χ3n) is 2.98. The average molecular weight is 321 g/mol. The topological polar surface area (TPSA) is 52.7 Å². The van der Waals surface area contributed by atoms with Gasteiger partial charge < -0.3 is 0 Å². The standard InChI is InChI=1S/C14H10Cl2N4O/c15-12-8-18-20(14(21)13(12)16)9-10-2-4-11(5-3-10)19-7-1-6-17-19/h1-8H,9H2. The van der Waals surface area contributed by atoms with Crippen molar-refractivity contribution in [2.24, 2.45) is 0 Å². The van der Waals surface area contributed by atoms with Gasteiger partial charge in [0.1, 0.15) is 5.02 Å². The highest BCUT2D eigenvalue weighted by molar-refractivity contribution is 6.41. The number of nitrogens with zero attached hydrogens (tertiary/aromatic N) is 4. The molecule has 1 aromatic carbocycles. The summed E-state index contributed by atoms with van der Waals surface area (Å²) in [6, 6.07) is 9.52. The van der Waals surface area contributed by atoms with E-state index in [0.29, 0.717) is 6.54 Å². The van der Waals surface area contributed by atoms with Crippen LogP contribution in [0.25, 0.3) is 5.69 Å². The molecule has 2 aromatic heterocycles. The van der Waals surface area contributed by atoms with Crippen LogP contribution >= 0.6 is 23.2 Å². The molecule has 0 unspecified atom stereocenters. The second kappa shape index (κ2) is 5.71. The maximum Gasteiger partial charge on any atom is 0.287 e. The summed E-state index contributed by atoms with van der Waals surface area (Å²) in [5, 5.41) is 8.27. The smallest absolute Gasteiger partial charge is 0.266 e. The molecule has 3 aromatic rings. The van der Waals surface area contributed by atoms with Crippen LogP contribution in [0, 0.1) is 0 Å². The Morgan fingerprint density at radius 1 is 1.10 bits per heavy atom. The molecule has 5 nitrogen and oxygen atoms in total. The number of rotatable bonds is 3. The van der Waals surface area contributed by atoms with Gasteiger partial charge in [0, 0.05) is 12.4 Å². The van der Waals surface area contributed by atoms with E-state index in [1.54, 1.807) is 10.9 Å². The van der Waals surface area contributed by atoms with Crippen molar-refractivity contribution in [3.05, 3.63) is 74.9 Å². The Morgan fingerprint density at radius 2 is 1.86 bits per heavy atom. The molecule has 0 fully saturated rings. The van der Waals surface area contributed by atoms with E-state index in [9.17, 15) is 4.79 Å². The zero-order chi connectivity index (χ0) is 14.8. The number of benzene rings is 1. The highest BCUT2D eigenvalue weighted by Gasteiger charge is 2.08. The van der Waals surface area contributed by atoms with Gasteiger partial charge in [0.15, 0.2) is 0 Å². The van der Waals surface area contributed by atoms with E-state index in [-0.39, 0.29) is 10.0 Å². The van der Waals surface area contributed by atoms with Crippen LogP contribution in [0.4, 0.5) is 0 Å². The van der Waals surface area contributed by atoms with Gasteiger partial charge in [0.05, 0.1) is 23.5 Å². The zero-order valence-electron chi connectivity index (χ0n) is 10.8. The highest BCUT2D eigenvalue weighted by atomic mass is 35.5. The van der Waals surface area contributed by atoms with Crippen molar-refractivity contribution in [3.63, 3.8) is 0 Å². The van der Waals surface area contributed by atoms with Gasteiger partial charge in [0.25, 0.3) is 5.56 Å². The van der Waals surface area contributed by atoms with Crippen LogP contribution in [0.3, 0.4) is 0 Å². The zero-order valence-corrected chi connectivity index (χ0v) is 12.3. The molecular formula is C14H10Cl2N4O. The number of halogens is 2. The summed E-state index contributed by atoms with van der Waals surface area (Å²) in [5.41, 5.74) is 1.47. The van der Waals surface area contributed by atoms with Gasteiger partial charge in [-0.1, -0.05) is 35.3 Å². The molecule has 0 radical (unpaired) electrons. The van der Waals surface area contributed by atoms with Crippen LogP contribution in [-0.4, -0.2) is 19.6 Å². The first-order valence-corrected chi connectivity index (χ1v) is 6.91. The second-order valence-corrected chi connectivity index (χ2v) is 5.17. The largest absolute Gasteiger partial charge is 0.287 e. The van der Waals surface area contributed by atoms with Crippen LogP contribution in [0.2, 0.25) is 10.0 Å².